The van der Waals surface area contributed by atoms with E-state index in [1.165, 1.54) is 0 Å². The molecule has 0 spiro atoms. The second-order valence-corrected chi connectivity index (χ2v) is 3.32. The van der Waals surface area contributed by atoms with Crippen LogP contribution in [-0.2, 0) is 6.54 Å². The normalized spacial score (nSPS) is 12.6. The monoisotopic (exact) mass is 203 g/mol. The van der Waals surface area contributed by atoms with Gasteiger partial charge >= 0.3 is 0 Å². The van der Waals surface area contributed by atoms with Gasteiger partial charge in [0.2, 0.25) is 0 Å². The number of hydrogen-bond acceptors (Lipinski definition) is 4. The number of nitrogens with one attached hydrogen (secondary N) is 1. The highest BCUT2D eigenvalue weighted by atomic mass is 16.3. The maximum Gasteiger partial charge on any atom is 0.120 e. The molecule has 0 fully saturated rings. The Hall–Kier alpha value is -1.68. The summed E-state index contributed by atoms with van der Waals surface area (Å²) in [4.78, 5) is 7.99. The number of aromatic nitrogens is 2. The lowest BCUT2D eigenvalue weighted by atomic mass is 10.2. The van der Waals surface area contributed by atoms with E-state index in [9.17, 15) is 0 Å². The Labute approximate surface area is 88.4 Å². The van der Waals surface area contributed by atoms with Crippen LogP contribution in [0.2, 0.25) is 0 Å². The zero-order valence-corrected chi connectivity index (χ0v) is 8.55. The van der Waals surface area contributed by atoms with Crippen molar-refractivity contribution in [3.63, 3.8) is 0 Å². The predicted octanol–water partition coefficient (Wildman–Crippen LogP) is 1.92. The molecule has 2 aromatic heterocycles. The fraction of sp³-hybridized carbons (Fsp3) is 0.273. The molecule has 1 N–H and O–H groups in total. The van der Waals surface area contributed by atoms with Crippen molar-refractivity contribution in [2.75, 3.05) is 0 Å². The molecular formula is C11H13N3O. The van der Waals surface area contributed by atoms with Crippen LogP contribution in [0.25, 0.3) is 0 Å². The van der Waals surface area contributed by atoms with Gasteiger partial charge in [0, 0.05) is 12.7 Å². The van der Waals surface area contributed by atoms with Crippen LogP contribution in [0.3, 0.4) is 0 Å². The fourth-order valence-electron chi connectivity index (χ4n) is 1.32. The van der Waals surface area contributed by atoms with Crippen LogP contribution in [0.5, 0.6) is 0 Å². The van der Waals surface area contributed by atoms with Crippen LogP contribution in [0, 0.1) is 0 Å². The molecule has 0 aliphatic carbocycles. The number of nitrogens with zero attached hydrogens (tertiary/aromatic N) is 2. The Bertz CT molecular complexity index is 385. The largest absolute Gasteiger partial charge is 0.468 e. The van der Waals surface area contributed by atoms with Crippen LogP contribution in [-0.4, -0.2) is 9.97 Å². The molecule has 2 aromatic rings. The first-order valence-electron chi connectivity index (χ1n) is 4.88. The van der Waals surface area contributed by atoms with Gasteiger partial charge in [-0.2, -0.15) is 0 Å². The molecule has 0 amide bonds. The van der Waals surface area contributed by atoms with E-state index in [4.69, 9.17) is 4.42 Å². The van der Waals surface area contributed by atoms with Crippen molar-refractivity contribution in [1.29, 1.82) is 0 Å². The molecule has 0 aliphatic heterocycles. The molecule has 2 heterocycles. The van der Waals surface area contributed by atoms with Gasteiger partial charge in [0.15, 0.2) is 0 Å². The minimum absolute atomic E-state index is 0.190. The van der Waals surface area contributed by atoms with E-state index in [-0.39, 0.29) is 6.04 Å². The van der Waals surface area contributed by atoms with Crippen LogP contribution >= 0.6 is 0 Å². The fourth-order valence-corrected chi connectivity index (χ4v) is 1.32. The maximum atomic E-state index is 5.29. The summed E-state index contributed by atoms with van der Waals surface area (Å²) in [7, 11) is 0. The van der Waals surface area contributed by atoms with E-state index in [1.807, 2.05) is 18.2 Å². The average Bonchev–Trinajstić information content (AvgIpc) is 2.81. The van der Waals surface area contributed by atoms with Crippen LogP contribution < -0.4 is 5.32 Å². The van der Waals surface area contributed by atoms with Gasteiger partial charge in [-0.05, 0) is 25.1 Å². The van der Waals surface area contributed by atoms with Gasteiger partial charge in [0.05, 0.1) is 18.0 Å². The quantitative estimate of drug-likeness (QED) is 0.824. The molecule has 0 saturated carbocycles. The van der Waals surface area contributed by atoms with Gasteiger partial charge in [-0.25, -0.2) is 9.97 Å². The van der Waals surface area contributed by atoms with Gasteiger partial charge in [-0.3, -0.25) is 0 Å². The summed E-state index contributed by atoms with van der Waals surface area (Å²) < 4.78 is 5.29. The van der Waals surface area contributed by atoms with E-state index in [1.54, 1.807) is 18.8 Å². The number of rotatable bonds is 4. The zero-order valence-electron chi connectivity index (χ0n) is 8.55. The van der Waals surface area contributed by atoms with Crippen molar-refractivity contribution in [3.05, 3.63) is 48.4 Å². The highest BCUT2D eigenvalue weighted by Crippen LogP contribution is 2.12. The van der Waals surface area contributed by atoms with Crippen LogP contribution in [0.4, 0.5) is 0 Å². The van der Waals surface area contributed by atoms with Crippen molar-refractivity contribution < 1.29 is 4.42 Å². The van der Waals surface area contributed by atoms with Crippen molar-refractivity contribution in [1.82, 2.24) is 15.3 Å². The summed E-state index contributed by atoms with van der Waals surface area (Å²) in [6.45, 7) is 2.77. The van der Waals surface area contributed by atoms with Gasteiger partial charge < -0.3 is 9.73 Å². The third-order valence-electron chi connectivity index (χ3n) is 2.20. The van der Waals surface area contributed by atoms with E-state index in [0.29, 0.717) is 6.54 Å². The number of hydrogen-bond donors (Lipinski definition) is 1. The summed E-state index contributed by atoms with van der Waals surface area (Å²) in [6, 6.07) is 5.92. The molecule has 4 heteroatoms. The third kappa shape index (κ3) is 2.63. The minimum atomic E-state index is 0.190. The maximum absolute atomic E-state index is 5.29. The summed E-state index contributed by atoms with van der Waals surface area (Å²) >= 11 is 0. The molecule has 0 bridgehead atoms. The molecule has 15 heavy (non-hydrogen) atoms. The van der Waals surface area contributed by atoms with Crippen molar-refractivity contribution in [2.24, 2.45) is 0 Å². The van der Waals surface area contributed by atoms with Crippen molar-refractivity contribution >= 4 is 0 Å². The first-order chi connectivity index (χ1) is 7.36. The van der Waals surface area contributed by atoms with E-state index in [2.05, 4.69) is 22.2 Å². The Morgan fingerprint density at radius 3 is 3.07 bits per heavy atom. The summed E-state index contributed by atoms with van der Waals surface area (Å²) in [6.07, 6.45) is 4.97. The Kier molecular flexibility index (Phi) is 3.09. The zero-order chi connectivity index (χ0) is 10.5. The van der Waals surface area contributed by atoms with Gasteiger partial charge in [-0.15, -0.1) is 0 Å². The number of furan rings is 1. The highest BCUT2D eigenvalue weighted by Gasteiger charge is 2.06. The van der Waals surface area contributed by atoms with Crippen molar-refractivity contribution in [2.45, 2.75) is 19.5 Å². The van der Waals surface area contributed by atoms with Gasteiger partial charge in [-0.1, -0.05) is 0 Å². The lowest BCUT2D eigenvalue weighted by Crippen LogP contribution is -2.18. The predicted molar refractivity (Wildman–Crippen MR) is 56.0 cm³/mol. The van der Waals surface area contributed by atoms with E-state index in [0.717, 1.165) is 11.5 Å². The van der Waals surface area contributed by atoms with Crippen LogP contribution in [0.1, 0.15) is 24.4 Å². The molecule has 1 atom stereocenters. The second kappa shape index (κ2) is 4.70. The van der Waals surface area contributed by atoms with E-state index >= 15 is 0 Å². The smallest absolute Gasteiger partial charge is 0.120 e. The summed E-state index contributed by atoms with van der Waals surface area (Å²) in [5, 5.41) is 3.32. The van der Waals surface area contributed by atoms with Crippen LogP contribution in [0.15, 0.2) is 41.4 Å². The Morgan fingerprint density at radius 2 is 2.40 bits per heavy atom. The summed E-state index contributed by atoms with van der Waals surface area (Å²) in [5.74, 6) is 0.934. The van der Waals surface area contributed by atoms with Gasteiger partial charge in [0.25, 0.3) is 0 Å². The Balaban J connectivity index is 1.89. The average molecular weight is 203 g/mol. The third-order valence-corrected chi connectivity index (χ3v) is 2.20. The minimum Gasteiger partial charge on any atom is -0.468 e. The highest BCUT2D eigenvalue weighted by molar-refractivity contribution is 5.04. The molecular weight excluding hydrogens is 190 g/mol. The lowest BCUT2D eigenvalue weighted by molar-refractivity contribution is 0.428. The molecule has 0 radical (unpaired) electrons. The Morgan fingerprint density at radius 1 is 1.47 bits per heavy atom. The molecule has 0 aromatic carbocycles. The van der Waals surface area contributed by atoms with E-state index < -0.39 is 0 Å². The summed E-state index contributed by atoms with van der Waals surface area (Å²) in [5.41, 5.74) is 0.975. The molecule has 0 saturated heterocycles. The first-order valence-corrected chi connectivity index (χ1v) is 4.88. The molecule has 0 aliphatic rings. The first kappa shape index (κ1) is 9.86. The standard InChI is InChI=1S/C11H13N3O/c1-9(11-3-2-6-15-11)13-7-10-4-5-12-8-14-10/h2-6,8-9,13H,7H2,1H3/t9-/m1/s1. The molecule has 2 rings (SSSR count). The molecule has 4 nitrogen and oxygen atoms in total. The van der Waals surface area contributed by atoms with Crippen molar-refractivity contribution in [3.8, 4) is 0 Å². The topological polar surface area (TPSA) is 51.0 Å². The SMILES string of the molecule is C[C@@H](NCc1ccncn1)c1ccco1. The lowest BCUT2D eigenvalue weighted by Gasteiger charge is -2.10. The molecule has 78 valence electrons. The van der Waals surface area contributed by atoms with Gasteiger partial charge in [0.1, 0.15) is 12.1 Å². The second-order valence-electron chi connectivity index (χ2n) is 3.32. The molecule has 0 unspecified atom stereocenters.